The van der Waals surface area contributed by atoms with Crippen LogP contribution in [0.4, 0.5) is 23.7 Å². The van der Waals surface area contributed by atoms with Gasteiger partial charge in [-0.05, 0) is 25.5 Å². The fourth-order valence-electron chi connectivity index (χ4n) is 2.19. The summed E-state index contributed by atoms with van der Waals surface area (Å²) < 4.78 is 39.2. The Bertz CT molecular complexity index is 586. The molecule has 4 nitrogen and oxygen atoms in total. The summed E-state index contributed by atoms with van der Waals surface area (Å²) in [6, 6.07) is 3.73. The van der Waals surface area contributed by atoms with Crippen molar-refractivity contribution in [2.24, 2.45) is 5.41 Å². The number of alkyl halides is 3. The highest BCUT2D eigenvalue weighted by atomic mass is 19.4. The summed E-state index contributed by atoms with van der Waals surface area (Å²) in [6.45, 7) is 3.49. The number of nitrogens with zero attached hydrogens (tertiary/aromatic N) is 1. The number of carbonyl (C=O) groups excluding carboxylic acids is 2. The summed E-state index contributed by atoms with van der Waals surface area (Å²) in [7, 11) is 0. The predicted molar refractivity (Wildman–Crippen MR) is 70.7 cm³/mol. The molecule has 3 amide bonds. The number of para-hydroxylation sites is 1. The van der Waals surface area contributed by atoms with Crippen LogP contribution in [0.15, 0.2) is 24.3 Å². The average molecular weight is 300 g/mol. The first-order valence-corrected chi connectivity index (χ1v) is 6.49. The Morgan fingerprint density at radius 2 is 1.90 bits per heavy atom. The van der Waals surface area contributed by atoms with Gasteiger partial charge in [0.15, 0.2) is 0 Å². The van der Waals surface area contributed by atoms with E-state index < -0.39 is 34.8 Å². The molecule has 1 heterocycles. The van der Waals surface area contributed by atoms with E-state index in [1.165, 1.54) is 12.1 Å². The number of benzene rings is 1. The molecule has 0 aliphatic carbocycles. The first kappa shape index (κ1) is 15.3. The number of imide groups is 1. The highest BCUT2D eigenvalue weighted by Crippen LogP contribution is 2.39. The number of amides is 3. The Hall–Kier alpha value is -2.05. The lowest BCUT2D eigenvalue weighted by molar-refractivity contribution is -0.137. The molecule has 0 saturated carbocycles. The molecule has 7 heteroatoms. The van der Waals surface area contributed by atoms with Crippen molar-refractivity contribution in [3.05, 3.63) is 29.8 Å². The van der Waals surface area contributed by atoms with Crippen molar-refractivity contribution in [1.29, 1.82) is 0 Å². The van der Waals surface area contributed by atoms with Crippen molar-refractivity contribution in [2.75, 3.05) is 11.4 Å². The van der Waals surface area contributed by atoms with E-state index in [1.54, 1.807) is 13.8 Å². The second-order valence-electron chi connectivity index (χ2n) is 5.23. The van der Waals surface area contributed by atoms with Gasteiger partial charge in [-0.2, -0.15) is 13.2 Å². The number of rotatable bonds is 2. The maximum absolute atomic E-state index is 13.1. The van der Waals surface area contributed by atoms with Crippen LogP contribution in [0.2, 0.25) is 0 Å². The topological polar surface area (TPSA) is 49.4 Å². The third kappa shape index (κ3) is 2.59. The first-order chi connectivity index (χ1) is 9.70. The van der Waals surface area contributed by atoms with E-state index in [4.69, 9.17) is 0 Å². The van der Waals surface area contributed by atoms with E-state index in [0.717, 1.165) is 12.1 Å². The van der Waals surface area contributed by atoms with Gasteiger partial charge in [-0.3, -0.25) is 4.79 Å². The Morgan fingerprint density at radius 1 is 1.29 bits per heavy atom. The molecule has 1 fully saturated rings. The molecule has 21 heavy (non-hydrogen) atoms. The minimum absolute atomic E-state index is 0.117. The van der Waals surface area contributed by atoms with E-state index in [-0.39, 0.29) is 6.54 Å². The van der Waals surface area contributed by atoms with Crippen LogP contribution in [-0.2, 0) is 11.0 Å². The highest BCUT2D eigenvalue weighted by molar-refractivity contribution is 6.18. The van der Waals surface area contributed by atoms with E-state index in [9.17, 15) is 22.8 Å². The molecule has 0 radical (unpaired) electrons. The zero-order valence-electron chi connectivity index (χ0n) is 11.6. The van der Waals surface area contributed by atoms with Gasteiger partial charge in [-0.15, -0.1) is 0 Å². The van der Waals surface area contributed by atoms with Gasteiger partial charge in [-0.25, -0.2) is 9.69 Å². The minimum atomic E-state index is -4.64. The molecule has 1 atom stereocenters. The third-order valence-corrected chi connectivity index (χ3v) is 3.78. The fourth-order valence-corrected chi connectivity index (χ4v) is 2.19. The van der Waals surface area contributed by atoms with Gasteiger partial charge in [0.2, 0.25) is 5.91 Å². The molecule has 1 unspecified atom stereocenters. The van der Waals surface area contributed by atoms with Crippen molar-refractivity contribution in [2.45, 2.75) is 26.4 Å². The SMILES string of the molecule is CCC1(C)CNC(=O)N(c2ccccc2C(F)(F)F)C1=O. The van der Waals surface area contributed by atoms with Crippen LogP contribution < -0.4 is 10.2 Å². The lowest BCUT2D eigenvalue weighted by Crippen LogP contribution is -2.60. The van der Waals surface area contributed by atoms with E-state index >= 15 is 0 Å². The van der Waals surface area contributed by atoms with Crippen LogP contribution in [0.1, 0.15) is 25.8 Å². The molecule has 1 N–H and O–H groups in total. The van der Waals surface area contributed by atoms with E-state index in [0.29, 0.717) is 11.3 Å². The van der Waals surface area contributed by atoms with Gasteiger partial charge in [-0.1, -0.05) is 19.1 Å². The summed E-state index contributed by atoms with van der Waals surface area (Å²) in [5.41, 5.74) is -2.35. The summed E-state index contributed by atoms with van der Waals surface area (Å²) in [6.07, 6.45) is -4.23. The van der Waals surface area contributed by atoms with Gasteiger partial charge >= 0.3 is 12.2 Å². The number of hydrogen-bond donors (Lipinski definition) is 1. The maximum Gasteiger partial charge on any atom is 0.418 e. The van der Waals surface area contributed by atoms with Crippen molar-refractivity contribution in [3.8, 4) is 0 Å². The molecule has 0 spiro atoms. The fraction of sp³-hybridized carbons (Fsp3) is 0.429. The van der Waals surface area contributed by atoms with E-state index in [2.05, 4.69) is 5.32 Å². The van der Waals surface area contributed by atoms with Crippen LogP contribution in [0.5, 0.6) is 0 Å². The first-order valence-electron chi connectivity index (χ1n) is 6.49. The predicted octanol–water partition coefficient (Wildman–Crippen LogP) is 3.18. The smallest absolute Gasteiger partial charge is 0.336 e. The zero-order valence-corrected chi connectivity index (χ0v) is 11.6. The number of hydrogen-bond acceptors (Lipinski definition) is 2. The summed E-state index contributed by atoms with van der Waals surface area (Å²) in [4.78, 5) is 25.0. The lowest BCUT2D eigenvalue weighted by atomic mass is 9.84. The highest BCUT2D eigenvalue weighted by Gasteiger charge is 2.46. The van der Waals surface area contributed by atoms with Crippen LogP contribution in [0, 0.1) is 5.41 Å². The number of carbonyl (C=O) groups is 2. The molecule has 1 saturated heterocycles. The van der Waals surface area contributed by atoms with Gasteiger partial charge in [0.25, 0.3) is 0 Å². The van der Waals surface area contributed by atoms with Crippen LogP contribution in [-0.4, -0.2) is 18.5 Å². The van der Waals surface area contributed by atoms with Crippen molar-refractivity contribution in [3.63, 3.8) is 0 Å². The molecule has 0 bridgehead atoms. The molecule has 0 aromatic heterocycles. The number of nitrogens with one attached hydrogen (secondary N) is 1. The number of urea groups is 1. The minimum Gasteiger partial charge on any atom is -0.336 e. The molecule has 1 aromatic rings. The van der Waals surface area contributed by atoms with Crippen LogP contribution in [0.25, 0.3) is 0 Å². The molecular formula is C14H15F3N2O2. The zero-order chi connectivity index (χ0) is 15.8. The quantitative estimate of drug-likeness (QED) is 0.912. The van der Waals surface area contributed by atoms with Crippen molar-refractivity contribution in [1.82, 2.24) is 5.32 Å². The molecule has 1 aliphatic rings. The maximum atomic E-state index is 13.1. The number of anilines is 1. The normalized spacial score (nSPS) is 23.2. The lowest BCUT2D eigenvalue weighted by Gasteiger charge is -2.38. The molecule has 1 aromatic carbocycles. The van der Waals surface area contributed by atoms with Crippen molar-refractivity contribution < 1.29 is 22.8 Å². The Labute approximate surface area is 119 Å². The molecular weight excluding hydrogens is 285 g/mol. The largest absolute Gasteiger partial charge is 0.418 e. The third-order valence-electron chi connectivity index (χ3n) is 3.78. The number of halogens is 3. The standard InChI is InChI=1S/C14H15F3N2O2/c1-3-13(2)8-18-12(21)19(11(13)20)10-7-5-4-6-9(10)14(15,16)17/h4-7H,3,8H2,1-2H3,(H,18,21). The Morgan fingerprint density at radius 3 is 2.48 bits per heavy atom. The monoisotopic (exact) mass is 300 g/mol. The van der Waals surface area contributed by atoms with E-state index in [1.807, 2.05) is 0 Å². The van der Waals surface area contributed by atoms with Crippen LogP contribution >= 0.6 is 0 Å². The van der Waals surface area contributed by atoms with Gasteiger partial charge < -0.3 is 5.32 Å². The van der Waals surface area contributed by atoms with Crippen LogP contribution in [0.3, 0.4) is 0 Å². The van der Waals surface area contributed by atoms with Crippen molar-refractivity contribution >= 4 is 17.6 Å². The molecule has 114 valence electrons. The van der Waals surface area contributed by atoms with Gasteiger partial charge in [0, 0.05) is 6.54 Å². The average Bonchev–Trinajstić information content (AvgIpc) is 2.43. The summed E-state index contributed by atoms with van der Waals surface area (Å²) in [5.74, 6) is -0.620. The van der Waals surface area contributed by atoms with Gasteiger partial charge in [0.1, 0.15) is 0 Å². The molecule has 1 aliphatic heterocycles. The molecule has 2 rings (SSSR count). The second kappa shape index (κ2) is 5.05. The Kier molecular flexibility index (Phi) is 3.69. The summed E-state index contributed by atoms with van der Waals surface area (Å²) >= 11 is 0. The van der Waals surface area contributed by atoms with Gasteiger partial charge in [0.05, 0.1) is 16.7 Å². The summed E-state index contributed by atoms with van der Waals surface area (Å²) in [5, 5.41) is 2.48. The second-order valence-corrected chi connectivity index (χ2v) is 5.23. The Balaban J connectivity index is 2.55.